The van der Waals surface area contributed by atoms with E-state index in [1.807, 2.05) is 19.1 Å². The molecule has 1 aliphatic heterocycles. The van der Waals surface area contributed by atoms with Crippen molar-refractivity contribution in [2.24, 2.45) is 5.92 Å². The van der Waals surface area contributed by atoms with Crippen molar-refractivity contribution in [3.05, 3.63) is 96.1 Å². The van der Waals surface area contributed by atoms with Gasteiger partial charge in [0, 0.05) is 25.3 Å². The van der Waals surface area contributed by atoms with Crippen LogP contribution in [0.4, 0.5) is 10.5 Å². The molecule has 6 nitrogen and oxygen atoms in total. The Labute approximate surface area is 208 Å². The van der Waals surface area contributed by atoms with Gasteiger partial charge in [0.1, 0.15) is 0 Å². The van der Waals surface area contributed by atoms with Gasteiger partial charge in [-0.05, 0) is 72.2 Å². The molecule has 7 heteroatoms. The maximum atomic E-state index is 13.0. The van der Waals surface area contributed by atoms with Gasteiger partial charge < -0.3 is 10.6 Å². The fourth-order valence-corrected chi connectivity index (χ4v) is 5.76. The molecule has 35 heavy (non-hydrogen) atoms. The summed E-state index contributed by atoms with van der Waals surface area (Å²) in [6, 6.07) is 11.7. The third-order valence-corrected chi connectivity index (χ3v) is 8.20. The Morgan fingerprint density at radius 1 is 1.11 bits per heavy atom. The maximum absolute atomic E-state index is 13.0. The standard InChI is InChI=1S/C28H33N3O3S/c1-4-6-23(5-2)20(3)29-28(32)30-26-11-13-27(14-12-26)35(33,34)19-22-9-10-24-17-31(16-21-7-8-21)18-25(24)15-22/h4-6,9-15,20-21H,1-2,7-8,16-19H2,3H3,(H2,29,30,32)/b23-6+. The van der Waals surface area contributed by atoms with E-state index in [2.05, 4.69) is 34.8 Å². The number of anilines is 1. The van der Waals surface area contributed by atoms with Gasteiger partial charge in [-0.15, -0.1) is 0 Å². The molecule has 1 heterocycles. The molecule has 1 saturated carbocycles. The molecule has 2 aromatic rings. The van der Waals surface area contributed by atoms with Gasteiger partial charge in [0.15, 0.2) is 9.84 Å². The van der Waals surface area contributed by atoms with Crippen molar-refractivity contribution in [3.63, 3.8) is 0 Å². The van der Waals surface area contributed by atoms with E-state index < -0.39 is 15.9 Å². The second-order valence-corrected chi connectivity index (χ2v) is 11.4. The average Bonchev–Trinajstić information content (AvgIpc) is 3.54. The summed E-state index contributed by atoms with van der Waals surface area (Å²) in [6.45, 7) is 12.2. The van der Waals surface area contributed by atoms with Gasteiger partial charge in [0.25, 0.3) is 0 Å². The van der Waals surface area contributed by atoms with E-state index in [0.29, 0.717) is 5.69 Å². The summed E-state index contributed by atoms with van der Waals surface area (Å²) in [7, 11) is -3.51. The number of urea groups is 1. The van der Waals surface area contributed by atoms with Crippen LogP contribution in [-0.4, -0.2) is 31.9 Å². The highest BCUT2D eigenvalue weighted by Gasteiger charge is 2.28. The molecular weight excluding hydrogens is 458 g/mol. The second kappa shape index (κ2) is 10.6. The number of nitrogens with zero attached hydrogens (tertiary/aromatic N) is 1. The number of hydrogen-bond donors (Lipinski definition) is 2. The second-order valence-electron chi connectivity index (χ2n) is 9.43. The molecule has 0 saturated heterocycles. The molecule has 2 N–H and O–H groups in total. The highest BCUT2D eigenvalue weighted by molar-refractivity contribution is 7.90. The zero-order valence-corrected chi connectivity index (χ0v) is 21.0. The van der Waals surface area contributed by atoms with Gasteiger partial charge in [0.2, 0.25) is 0 Å². The highest BCUT2D eigenvalue weighted by Crippen LogP contribution is 2.33. The van der Waals surface area contributed by atoms with Crippen molar-refractivity contribution in [1.82, 2.24) is 10.2 Å². The number of allylic oxidation sites excluding steroid dienone is 2. The first-order valence-corrected chi connectivity index (χ1v) is 13.6. The van der Waals surface area contributed by atoms with E-state index in [1.54, 1.807) is 30.4 Å². The molecule has 1 aliphatic carbocycles. The molecule has 4 rings (SSSR count). The molecule has 0 aromatic heterocycles. The van der Waals surface area contributed by atoms with Crippen molar-refractivity contribution in [1.29, 1.82) is 0 Å². The van der Waals surface area contributed by atoms with Crippen molar-refractivity contribution >= 4 is 21.6 Å². The Bertz CT molecular complexity index is 1240. The number of hydrogen-bond acceptors (Lipinski definition) is 4. The lowest BCUT2D eigenvalue weighted by Crippen LogP contribution is -2.36. The van der Waals surface area contributed by atoms with Gasteiger partial charge >= 0.3 is 6.03 Å². The van der Waals surface area contributed by atoms with E-state index in [4.69, 9.17) is 0 Å². The summed E-state index contributed by atoms with van der Waals surface area (Å²) >= 11 is 0. The van der Waals surface area contributed by atoms with Crippen LogP contribution in [0.5, 0.6) is 0 Å². The number of amides is 2. The summed E-state index contributed by atoms with van der Waals surface area (Å²) in [5, 5.41) is 5.56. The van der Waals surface area contributed by atoms with Crippen LogP contribution in [0.15, 0.2) is 84.3 Å². The molecule has 2 aliphatic rings. The van der Waals surface area contributed by atoms with Crippen molar-refractivity contribution in [2.75, 3.05) is 11.9 Å². The number of nitrogens with one attached hydrogen (secondary N) is 2. The van der Waals surface area contributed by atoms with E-state index in [0.717, 1.165) is 36.7 Å². The van der Waals surface area contributed by atoms with E-state index in [-0.39, 0.29) is 16.7 Å². The topological polar surface area (TPSA) is 78.5 Å². The van der Waals surface area contributed by atoms with Crippen molar-refractivity contribution in [3.8, 4) is 0 Å². The fraction of sp³-hybridized carbons (Fsp3) is 0.321. The van der Waals surface area contributed by atoms with E-state index in [1.165, 1.54) is 36.1 Å². The van der Waals surface area contributed by atoms with Gasteiger partial charge in [-0.2, -0.15) is 0 Å². The molecule has 1 unspecified atom stereocenters. The molecule has 1 fully saturated rings. The quantitative estimate of drug-likeness (QED) is 0.448. The summed E-state index contributed by atoms with van der Waals surface area (Å²) in [4.78, 5) is 15.0. The fourth-order valence-electron chi connectivity index (χ4n) is 4.42. The van der Waals surface area contributed by atoms with Crippen LogP contribution >= 0.6 is 0 Å². The first-order chi connectivity index (χ1) is 16.8. The van der Waals surface area contributed by atoms with Crippen LogP contribution in [0.2, 0.25) is 0 Å². The lowest BCUT2D eigenvalue weighted by Gasteiger charge is -2.16. The minimum absolute atomic E-state index is 0.0480. The summed E-state index contributed by atoms with van der Waals surface area (Å²) < 4.78 is 26.1. The third-order valence-electron chi connectivity index (χ3n) is 6.49. The van der Waals surface area contributed by atoms with Crippen LogP contribution in [0.25, 0.3) is 0 Å². The normalized spacial score (nSPS) is 16.9. The Hall–Kier alpha value is -3.16. The number of carbonyl (C=O) groups is 1. The minimum Gasteiger partial charge on any atom is -0.331 e. The van der Waals surface area contributed by atoms with Gasteiger partial charge in [0.05, 0.1) is 16.7 Å². The lowest BCUT2D eigenvalue weighted by molar-refractivity contribution is 0.250. The molecule has 0 bridgehead atoms. The summed E-state index contributed by atoms with van der Waals surface area (Å²) in [5.41, 5.74) is 4.68. The monoisotopic (exact) mass is 491 g/mol. The predicted octanol–water partition coefficient (Wildman–Crippen LogP) is 5.19. The number of sulfone groups is 1. The van der Waals surface area contributed by atoms with Crippen molar-refractivity contribution < 1.29 is 13.2 Å². The largest absolute Gasteiger partial charge is 0.331 e. The van der Waals surface area contributed by atoms with Gasteiger partial charge in [-0.25, -0.2) is 13.2 Å². The molecular formula is C28H33N3O3S. The Morgan fingerprint density at radius 2 is 1.83 bits per heavy atom. The number of fused-ring (bicyclic) bond motifs is 1. The third kappa shape index (κ3) is 6.50. The van der Waals surface area contributed by atoms with Crippen molar-refractivity contribution in [2.45, 2.75) is 49.5 Å². The van der Waals surface area contributed by atoms with Gasteiger partial charge in [-0.1, -0.05) is 49.6 Å². The molecule has 2 aromatic carbocycles. The first-order valence-electron chi connectivity index (χ1n) is 12.0. The van der Waals surface area contributed by atoms with Crippen LogP contribution < -0.4 is 10.6 Å². The first kappa shape index (κ1) is 24.9. The Kier molecular flexibility index (Phi) is 7.57. The lowest BCUT2D eigenvalue weighted by atomic mass is 10.1. The molecule has 1 atom stereocenters. The Balaban J connectivity index is 1.35. The summed E-state index contributed by atoms with van der Waals surface area (Å²) in [5.74, 6) is 0.794. The smallest absolute Gasteiger partial charge is 0.319 e. The van der Waals surface area contributed by atoms with Gasteiger partial charge in [-0.3, -0.25) is 4.90 Å². The predicted molar refractivity (Wildman–Crippen MR) is 141 cm³/mol. The molecule has 2 amide bonds. The van der Waals surface area contributed by atoms with E-state index >= 15 is 0 Å². The maximum Gasteiger partial charge on any atom is 0.319 e. The molecule has 0 radical (unpaired) electrons. The van der Waals surface area contributed by atoms with Crippen LogP contribution in [-0.2, 0) is 28.7 Å². The molecule has 0 spiro atoms. The SMILES string of the molecule is C=C/C=C(\C=C)C(C)NC(=O)Nc1ccc(S(=O)(=O)Cc2ccc3c(c2)CN(CC2CC2)C3)cc1. The number of rotatable bonds is 10. The van der Waals surface area contributed by atoms with E-state index in [9.17, 15) is 13.2 Å². The highest BCUT2D eigenvalue weighted by atomic mass is 32.2. The van der Waals surface area contributed by atoms with Crippen LogP contribution in [0, 0.1) is 5.92 Å². The van der Waals surface area contributed by atoms with Crippen LogP contribution in [0.1, 0.15) is 36.5 Å². The average molecular weight is 492 g/mol. The zero-order chi connectivity index (χ0) is 25.0. The molecule has 184 valence electrons. The Morgan fingerprint density at radius 3 is 2.49 bits per heavy atom. The summed E-state index contributed by atoms with van der Waals surface area (Å²) in [6.07, 6.45) is 7.74. The zero-order valence-electron chi connectivity index (χ0n) is 20.2. The number of benzene rings is 2. The number of carbonyl (C=O) groups excluding carboxylic acids is 1. The minimum atomic E-state index is -3.51. The van der Waals surface area contributed by atoms with Crippen LogP contribution in [0.3, 0.4) is 0 Å².